The van der Waals surface area contributed by atoms with Crippen molar-refractivity contribution in [2.45, 2.75) is 125 Å². The number of hydrogen-bond acceptors (Lipinski definition) is 3. The zero-order valence-electron chi connectivity index (χ0n) is 18.4. The van der Waals surface area contributed by atoms with Crippen LogP contribution in [0.25, 0.3) is 0 Å². The summed E-state index contributed by atoms with van der Waals surface area (Å²) in [6.07, 6.45) is 11.5. The van der Waals surface area contributed by atoms with Crippen LogP contribution >= 0.6 is 0 Å². The molecule has 0 rings (SSSR count). The molecule has 0 aliphatic rings. The highest BCUT2D eigenvalue weighted by Crippen LogP contribution is 2.35. The fraction of sp³-hybridized carbons (Fsp3) is 1.00. The van der Waals surface area contributed by atoms with Gasteiger partial charge >= 0.3 is 0 Å². The average molecular weight is 361 g/mol. The Morgan fingerprint density at radius 3 is 1.52 bits per heavy atom. The maximum absolute atomic E-state index is 11.0. The first kappa shape index (κ1) is 27.1. The number of aliphatic hydroxyl groups is 1. The van der Waals surface area contributed by atoms with Crippen molar-refractivity contribution in [3.8, 4) is 0 Å². The predicted molar refractivity (Wildman–Crippen MR) is 110 cm³/mol. The van der Waals surface area contributed by atoms with E-state index in [0.717, 1.165) is 32.5 Å². The van der Waals surface area contributed by atoms with Gasteiger partial charge in [0.05, 0.1) is 5.60 Å². The maximum atomic E-state index is 11.0. The first-order valence-electron chi connectivity index (χ1n) is 10.9. The van der Waals surface area contributed by atoms with Gasteiger partial charge < -0.3 is 14.6 Å². The second kappa shape index (κ2) is 18.7. The summed E-state index contributed by atoms with van der Waals surface area (Å²) in [7, 11) is 0. The van der Waals surface area contributed by atoms with Crippen LogP contribution in [-0.4, -0.2) is 30.2 Å². The monoisotopic (exact) mass is 360 g/mol. The van der Waals surface area contributed by atoms with Crippen molar-refractivity contribution in [1.29, 1.82) is 0 Å². The third kappa shape index (κ3) is 14.7. The van der Waals surface area contributed by atoms with E-state index in [9.17, 15) is 5.11 Å². The summed E-state index contributed by atoms with van der Waals surface area (Å²) in [5, 5.41) is 11.0. The van der Waals surface area contributed by atoms with E-state index in [4.69, 9.17) is 9.47 Å². The van der Waals surface area contributed by atoms with Crippen LogP contribution in [0.2, 0.25) is 0 Å². The molecule has 25 heavy (non-hydrogen) atoms. The number of ether oxygens (including phenoxy) is 2. The normalized spacial score (nSPS) is 12.8. The van der Waals surface area contributed by atoms with Crippen LogP contribution in [0.5, 0.6) is 0 Å². The van der Waals surface area contributed by atoms with Crippen molar-refractivity contribution in [2.75, 3.05) is 13.2 Å². The van der Waals surface area contributed by atoms with E-state index in [1.54, 1.807) is 0 Å². The lowest BCUT2D eigenvalue weighted by atomic mass is 9.75. The summed E-state index contributed by atoms with van der Waals surface area (Å²) in [5.74, 6) is 0.514. The summed E-state index contributed by atoms with van der Waals surface area (Å²) in [6.45, 7) is 16.2. The molecule has 1 unspecified atom stereocenters. The second-order valence-corrected chi connectivity index (χ2v) is 7.04. The largest absolute Gasteiger partial charge is 0.390 e. The Hall–Kier alpha value is -0.120. The van der Waals surface area contributed by atoms with Crippen molar-refractivity contribution >= 4 is 0 Å². The maximum Gasteiger partial charge on any atom is 0.154 e. The first-order valence-corrected chi connectivity index (χ1v) is 10.9. The van der Waals surface area contributed by atoms with E-state index in [1.165, 1.54) is 44.9 Å². The molecule has 3 heteroatoms. The molecule has 0 amide bonds. The number of rotatable bonds is 15. The molecule has 154 valence electrons. The molecule has 0 heterocycles. The van der Waals surface area contributed by atoms with Crippen molar-refractivity contribution in [2.24, 2.45) is 5.92 Å². The molecule has 0 aromatic carbocycles. The highest BCUT2D eigenvalue weighted by Gasteiger charge is 2.33. The van der Waals surface area contributed by atoms with Gasteiger partial charge in [-0.25, -0.2) is 0 Å². The Bertz CT molecular complexity index is 242. The fourth-order valence-electron chi connectivity index (χ4n) is 3.32. The standard InChI is InChI=1S/C16H34O.C6H14O2/c1-5-9-12-15(8-4)16(17,13-10-6-2)14-11-7-3;1-4-7-6(3)8-5-2/h15,17H,5-14H2,1-4H3;6H,4-5H2,1-3H3. The molecule has 0 radical (unpaired) electrons. The van der Waals surface area contributed by atoms with Gasteiger partial charge in [0.2, 0.25) is 0 Å². The summed E-state index contributed by atoms with van der Waals surface area (Å²) in [6, 6.07) is 0. The van der Waals surface area contributed by atoms with Gasteiger partial charge in [-0.05, 0) is 46.0 Å². The van der Waals surface area contributed by atoms with Crippen molar-refractivity contribution < 1.29 is 14.6 Å². The smallest absolute Gasteiger partial charge is 0.154 e. The van der Waals surface area contributed by atoms with Crippen LogP contribution in [0, 0.1) is 5.92 Å². The Labute approximate surface area is 158 Å². The van der Waals surface area contributed by atoms with Crippen molar-refractivity contribution in [3.63, 3.8) is 0 Å². The van der Waals surface area contributed by atoms with Crippen molar-refractivity contribution in [1.82, 2.24) is 0 Å². The van der Waals surface area contributed by atoms with Crippen LogP contribution in [-0.2, 0) is 9.47 Å². The molecular formula is C22H48O3. The molecule has 0 aromatic heterocycles. The Morgan fingerprint density at radius 2 is 1.20 bits per heavy atom. The molecule has 0 aliphatic heterocycles. The van der Waals surface area contributed by atoms with E-state index in [2.05, 4.69) is 27.7 Å². The lowest BCUT2D eigenvalue weighted by Gasteiger charge is -2.36. The predicted octanol–water partition coefficient (Wildman–Crippen LogP) is 6.72. The van der Waals surface area contributed by atoms with Gasteiger partial charge in [0, 0.05) is 13.2 Å². The first-order chi connectivity index (χ1) is 11.9. The van der Waals surface area contributed by atoms with E-state index >= 15 is 0 Å². The topological polar surface area (TPSA) is 38.7 Å². The lowest BCUT2D eigenvalue weighted by Crippen LogP contribution is -2.37. The van der Waals surface area contributed by atoms with E-state index in [0.29, 0.717) is 5.92 Å². The highest BCUT2D eigenvalue weighted by molar-refractivity contribution is 4.85. The van der Waals surface area contributed by atoms with E-state index in [1.807, 2.05) is 20.8 Å². The van der Waals surface area contributed by atoms with Gasteiger partial charge in [0.15, 0.2) is 6.29 Å². The zero-order chi connectivity index (χ0) is 19.6. The van der Waals surface area contributed by atoms with Crippen LogP contribution in [0.3, 0.4) is 0 Å². The van der Waals surface area contributed by atoms with Gasteiger partial charge in [0.1, 0.15) is 0 Å². The highest BCUT2D eigenvalue weighted by atomic mass is 16.7. The molecule has 0 aromatic rings. The fourth-order valence-corrected chi connectivity index (χ4v) is 3.32. The number of hydrogen-bond donors (Lipinski definition) is 1. The molecule has 1 N–H and O–H groups in total. The van der Waals surface area contributed by atoms with Crippen LogP contribution in [0.4, 0.5) is 0 Å². The Kier molecular flexibility index (Phi) is 20.2. The summed E-state index contributed by atoms with van der Waals surface area (Å²) < 4.78 is 10.1. The molecule has 0 bridgehead atoms. The summed E-state index contributed by atoms with van der Waals surface area (Å²) >= 11 is 0. The van der Waals surface area contributed by atoms with Gasteiger partial charge in [0.25, 0.3) is 0 Å². The molecule has 0 saturated heterocycles. The Balaban J connectivity index is 0. The van der Waals surface area contributed by atoms with Gasteiger partial charge in [-0.1, -0.05) is 72.6 Å². The van der Waals surface area contributed by atoms with E-state index in [-0.39, 0.29) is 11.9 Å². The minimum Gasteiger partial charge on any atom is -0.390 e. The molecule has 0 spiro atoms. The quantitative estimate of drug-likeness (QED) is 0.329. The third-order valence-electron chi connectivity index (χ3n) is 4.89. The molecular weight excluding hydrogens is 312 g/mol. The van der Waals surface area contributed by atoms with Crippen molar-refractivity contribution in [3.05, 3.63) is 0 Å². The van der Waals surface area contributed by atoms with Gasteiger partial charge in [-0.15, -0.1) is 0 Å². The molecule has 3 nitrogen and oxygen atoms in total. The second-order valence-electron chi connectivity index (χ2n) is 7.04. The van der Waals surface area contributed by atoms with Gasteiger partial charge in [-0.3, -0.25) is 0 Å². The van der Waals surface area contributed by atoms with Gasteiger partial charge in [-0.2, -0.15) is 0 Å². The molecule has 0 aliphatic carbocycles. The summed E-state index contributed by atoms with van der Waals surface area (Å²) in [5.41, 5.74) is -0.379. The third-order valence-corrected chi connectivity index (χ3v) is 4.89. The molecule has 0 saturated carbocycles. The summed E-state index contributed by atoms with van der Waals surface area (Å²) in [4.78, 5) is 0. The molecule has 1 atom stereocenters. The van der Waals surface area contributed by atoms with E-state index < -0.39 is 0 Å². The minimum atomic E-state index is -0.379. The zero-order valence-corrected chi connectivity index (χ0v) is 18.4. The minimum absolute atomic E-state index is 0.0370. The molecule has 0 fully saturated rings. The Morgan fingerprint density at radius 1 is 0.760 bits per heavy atom. The van der Waals surface area contributed by atoms with Crippen LogP contribution in [0.1, 0.15) is 113 Å². The van der Waals surface area contributed by atoms with Crippen LogP contribution < -0.4 is 0 Å². The number of unbranched alkanes of at least 4 members (excludes halogenated alkanes) is 3. The SMILES string of the molecule is CCCCC(CC)C(O)(CCCC)CCCC.CCOC(C)OCC. The average Bonchev–Trinajstić information content (AvgIpc) is 2.60. The van der Waals surface area contributed by atoms with Crippen LogP contribution in [0.15, 0.2) is 0 Å². The lowest BCUT2D eigenvalue weighted by molar-refractivity contribution is -0.123.